The Bertz CT molecular complexity index is 2470. The predicted octanol–water partition coefficient (Wildman–Crippen LogP) is 11.0. The molecule has 1 unspecified atom stereocenters. The minimum absolute atomic E-state index is 0. The van der Waals surface area contributed by atoms with E-state index in [2.05, 4.69) is 171 Å². The molecule has 2 aliphatic rings. The molecule has 303 valence electrons. The van der Waals surface area contributed by atoms with Crippen LogP contribution in [0.3, 0.4) is 0 Å². The van der Waals surface area contributed by atoms with E-state index in [9.17, 15) is 0 Å². The van der Waals surface area contributed by atoms with E-state index in [0.717, 1.165) is 69.4 Å². The van der Waals surface area contributed by atoms with Crippen LogP contribution in [0.1, 0.15) is 24.0 Å². The van der Waals surface area contributed by atoms with Crippen LogP contribution in [0.4, 0.5) is 34.1 Å². The molecule has 0 saturated heterocycles. The van der Waals surface area contributed by atoms with E-state index in [1.54, 1.807) is 0 Å². The third-order valence-corrected chi connectivity index (χ3v) is 13.3. The molecule has 11 heteroatoms. The summed E-state index contributed by atoms with van der Waals surface area (Å²) in [5.41, 5.74) is 10.6. The summed E-state index contributed by atoms with van der Waals surface area (Å²) in [5, 5.41) is 5.62. The minimum atomic E-state index is -0.580. The number of unbranched alkanes of at least 4 members (excludes halogenated alkanes) is 1. The molecule has 6 aromatic carbocycles. The fourth-order valence-electron chi connectivity index (χ4n) is 7.37. The minimum Gasteiger partial charge on any atom is -0.501 e. The van der Waals surface area contributed by atoms with Crippen LogP contribution in [0.15, 0.2) is 158 Å². The Labute approximate surface area is 370 Å². The molecule has 0 aliphatic carbocycles. The van der Waals surface area contributed by atoms with Gasteiger partial charge in [-0.1, -0.05) is 99.5 Å². The van der Waals surface area contributed by atoms with Gasteiger partial charge in [0.15, 0.2) is 0 Å². The quantitative estimate of drug-likeness (QED) is 0.0691. The summed E-state index contributed by atoms with van der Waals surface area (Å²) < 4.78 is 8.47. The van der Waals surface area contributed by atoms with Crippen LogP contribution in [-0.2, 0) is 39.9 Å². The van der Waals surface area contributed by atoms with E-state index in [4.69, 9.17) is 4.51 Å². The maximum absolute atomic E-state index is 4.74. The summed E-state index contributed by atoms with van der Waals surface area (Å²) in [6.07, 6.45) is 6.52. The second-order valence-corrected chi connectivity index (χ2v) is 17.0. The molecule has 1 radical (unpaired) electrons. The number of aryl methyl sites for hydroxylation is 1. The van der Waals surface area contributed by atoms with E-state index in [0.29, 0.717) is 0 Å². The van der Waals surface area contributed by atoms with E-state index < -0.39 is 7.69 Å². The maximum atomic E-state index is 4.74. The molecule has 0 N–H and O–H groups in total. The molecule has 0 fully saturated rings. The first kappa shape index (κ1) is 41.2. The van der Waals surface area contributed by atoms with Crippen molar-refractivity contribution in [2.24, 2.45) is 7.05 Å². The first-order chi connectivity index (χ1) is 29.2. The molecule has 8 aromatic rings. The van der Waals surface area contributed by atoms with Crippen molar-refractivity contribution in [3.05, 3.63) is 206 Å². The SMILES string of the molecule is Cn1n[n+](Cc2ccccc2)[c-]c1-c1[c-]p(Cc2ccccc2)np1.[Ir].[c-]1ccccc1N1[CH-]N(CCCCN2[CH-]N(c3[c-]cccc3)c3ccccc32)c2ccccc21. The normalized spacial score (nSPS) is 13.2. The van der Waals surface area contributed by atoms with Crippen LogP contribution in [0.5, 0.6) is 0 Å². The molecular weight excluding hydrogens is 955 g/mol. The number of benzene rings is 6. The number of para-hydroxylation sites is 6. The average Bonchev–Trinajstić information content (AvgIpc) is 4.09. The van der Waals surface area contributed by atoms with Gasteiger partial charge in [-0.15, -0.1) is 24.8 Å². The third kappa shape index (κ3) is 9.57. The zero-order valence-electron chi connectivity index (χ0n) is 33.2. The van der Waals surface area contributed by atoms with E-state index >= 15 is 0 Å². The summed E-state index contributed by atoms with van der Waals surface area (Å²) in [4.78, 5) is 9.19. The van der Waals surface area contributed by atoms with Crippen molar-refractivity contribution in [1.82, 2.24) is 14.4 Å². The van der Waals surface area contributed by atoms with Crippen molar-refractivity contribution in [1.29, 1.82) is 0 Å². The number of hydrogen-bond acceptors (Lipinski definition) is 6. The van der Waals surface area contributed by atoms with Gasteiger partial charge in [0.25, 0.3) is 0 Å². The number of fused-ring (bicyclic) bond motifs is 2. The summed E-state index contributed by atoms with van der Waals surface area (Å²) >= 11 is 0. The van der Waals surface area contributed by atoms with Crippen LogP contribution in [0.25, 0.3) is 11.0 Å². The van der Waals surface area contributed by atoms with Crippen LogP contribution >= 0.6 is 16.0 Å². The Kier molecular flexibility index (Phi) is 13.5. The first-order valence-electron chi connectivity index (χ1n) is 19.9. The Balaban J connectivity index is 0.000000171. The Morgan fingerprint density at radius 1 is 0.617 bits per heavy atom. The van der Waals surface area contributed by atoms with Gasteiger partial charge in [-0.25, -0.2) is 14.7 Å². The molecule has 8 nitrogen and oxygen atoms in total. The molecule has 0 bridgehead atoms. The first-order valence-corrected chi connectivity index (χ1v) is 22.2. The Morgan fingerprint density at radius 2 is 1.12 bits per heavy atom. The zero-order valence-corrected chi connectivity index (χ0v) is 37.4. The van der Waals surface area contributed by atoms with Gasteiger partial charge in [-0.2, -0.15) is 74.0 Å². The van der Waals surface area contributed by atoms with Gasteiger partial charge in [-0.05, 0) is 61.3 Å². The van der Waals surface area contributed by atoms with Crippen molar-refractivity contribution in [3.63, 3.8) is 0 Å². The van der Waals surface area contributed by atoms with Gasteiger partial charge in [0.1, 0.15) is 6.54 Å². The van der Waals surface area contributed by atoms with Crippen LogP contribution in [0, 0.1) is 37.5 Å². The Morgan fingerprint density at radius 3 is 1.65 bits per heavy atom. The van der Waals surface area contributed by atoms with Gasteiger partial charge in [0.05, 0.1) is 7.05 Å². The smallest absolute Gasteiger partial charge is 0.116 e. The number of anilines is 6. The van der Waals surface area contributed by atoms with Gasteiger partial charge < -0.3 is 19.6 Å². The number of nitrogens with zero attached hydrogens (tertiary/aromatic N) is 8. The summed E-state index contributed by atoms with van der Waals surface area (Å²) in [6.45, 7) is 7.09. The second kappa shape index (κ2) is 19.7. The van der Waals surface area contributed by atoms with Gasteiger partial charge in [-0.3, -0.25) is 10.3 Å². The predicted molar refractivity (Wildman–Crippen MR) is 241 cm³/mol. The zero-order chi connectivity index (χ0) is 39.8. The number of rotatable bonds is 12. The molecule has 0 amide bonds. The summed E-state index contributed by atoms with van der Waals surface area (Å²) in [5.74, 6) is 3.57. The molecule has 0 spiro atoms. The fourth-order valence-corrected chi connectivity index (χ4v) is 10.4. The molecular formula is C49H43IrN8P2-5. The second-order valence-electron chi connectivity index (χ2n) is 14.3. The monoisotopic (exact) mass is 998 g/mol. The van der Waals surface area contributed by atoms with Gasteiger partial charge in [0, 0.05) is 54.2 Å². The molecule has 0 saturated carbocycles. The molecule has 2 aliphatic heterocycles. The van der Waals surface area contributed by atoms with Crippen molar-refractivity contribution in [2.75, 3.05) is 32.7 Å². The molecule has 10 rings (SSSR count). The van der Waals surface area contributed by atoms with Crippen molar-refractivity contribution >= 4 is 50.2 Å². The van der Waals surface area contributed by atoms with Crippen molar-refractivity contribution < 1.29 is 24.8 Å². The van der Waals surface area contributed by atoms with Gasteiger partial charge >= 0.3 is 0 Å². The molecule has 1 atom stereocenters. The van der Waals surface area contributed by atoms with Crippen molar-refractivity contribution in [2.45, 2.75) is 25.5 Å². The summed E-state index contributed by atoms with van der Waals surface area (Å²) in [7, 11) is 2.35. The van der Waals surface area contributed by atoms with Crippen LogP contribution < -0.4 is 24.3 Å². The van der Waals surface area contributed by atoms with E-state index in [1.165, 1.54) is 33.9 Å². The molecule has 4 heterocycles. The fraction of sp³-hybridized carbons (Fsp3) is 0.143. The van der Waals surface area contributed by atoms with E-state index in [1.807, 2.05) is 64.9 Å². The van der Waals surface area contributed by atoms with Crippen LogP contribution in [-0.4, -0.2) is 27.5 Å². The van der Waals surface area contributed by atoms with Crippen LogP contribution in [0.2, 0.25) is 0 Å². The van der Waals surface area contributed by atoms with Crippen molar-refractivity contribution in [3.8, 4) is 11.0 Å². The average molecular weight is 998 g/mol. The van der Waals surface area contributed by atoms with Gasteiger partial charge in [0.2, 0.25) is 0 Å². The third-order valence-electron chi connectivity index (χ3n) is 10.2. The van der Waals surface area contributed by atoms with E-state index in [-0.39, 0.29) is 20.1 Å². The Hall–Kier alpha value is -5.55. The molecule has 60 heavy (non-hydrogen) atoms. The largest absolute Gasteiger partial charge is 0.501 e. The maximum Gasteiger partial charge on any atom is 0.116 e. The summed E-state index contributed by atoms with van der Waals surface area (Å²) in [6, 6.07) is 61.0. The molecule has 2 aromatic heterocycles. The topological polar surface area (TPSA) is 47.6 Å². The standard InChI is InChI=1S/C30H26N4.C19H17N4P2.Ir/c1-3-13-25(14-4-1)33-23-31(27-17-7-9-19-29(27)33)21-11-12-22-32-24-34(26-15-5-2-6-16-26)30-20-10-8-18-28(30)32;1-22-18(13-23(20-22)12-16-8-4-2-5-9-16)19-15-25(21-24-19)14-17-10-6-3-7-11-17;/h1-10,13,15,17-20,23-24H,11-12,21-22H2;2-11H,12,14H2,1H3;/q-4;-1;. The number of aromatic nitrogens is 4. The number of hydrogen-bond donors (Lipinski definition) is 0.